The Morgan fingerprint density at radius 1 is 1.25 bits per heavy atom. The molecule has 2 heterocycles. The van der Waals surface area contributed by atoms with Crippen LogP contribution in [0.3, 0.4) is 0 Å². The smallest absolute Gasteiger partial charge is 0.341 e. The average molecular weight is 484 g/mol. The maximum absolute atomic E-state index is 13.1. The highest BCUT2D eigenvalue weighted by Crippen LogP contribution is 2.37. The van der Waals surface area contributed by atoms with Crippen LogP contribution in [0.4, 0.5) is 9.39 Å². The monoisotopic (exact) mass is 483 g/mol. The van der Waals surface area contributed by atoms with Crippen molar-refractivity contribution in [1.82, 2.24) is 9.62 Å². The number of carbonyl (C=O) groups is 2. The van der Waals surface area contributed by atoms with Gasteiger partial charge in [-0.25, -0.2) is 17.6 Å². The Hall–Kier alpha value is -2.34. The number of thiophene rings is 1. The van der Waals surface area contributed by atoms with Crippen LogP contribution in [-0.2, 0) is 32.5 Å². The molecule has 1 aromatic carbocycles. The van der Waals surface area contributed by atoms with Crippen molar-refractivity contribution in [3.63, 3.8) is 0 Å². The number of sulfonamides is 1. The van der Waals surface area contributed by atoms with E-state index in [1.165, 1.54) is 11.3 Å². The quantitative estimate of drug-likeness (QED) is 0.560. The standard InChI is InChI=1S/C21H26FN3O5S2/c1-4-16(24-32(28,29)14-8-6-13(22)7-9-14)19(26)23-20-18(21(27)30-5-2)15-10-11-25(3)12-17(15)31-20/h6-9,16,24H,4-5,10-12H2,1-3H3,(H,23,26). The van der Waals surface area contributed by atoms with Gasteiger partial charge in [0.1, 0.15) is 16.9 Å². The van der Waals surface area contributed by atoms with Crippen molar-refractivity contribution in [2.24, 2.45) is 0 Å². The summed E-state index contributed by atoms with van der Waals surface area (Å²) in [7, 11) is -2.07. The Labute approximate surface area is 190 Å². The van der Waals surface area contributed by atoms with Crippen LogP contribution in [0.5, 0.6) is 0 Å². The van der Waals surface area contributed by atoms with Crippen molar-refractivity contribution < 1.29 is 27.1 Å². The summed E-state index contributed by atoms with van der Waals surface area (Å²) in [5, 5.41) is 3.08. The van der Waals surface area contributed by atoms with Gasteiger partial charge in [-0.15, -0.1) is 11.3 Å². The SMILES string of the molecule is CCOC(=O)c1c(NC(=O)C(CC)NS(=O)(=O)c2ccc(F)cc2)sc2c1CCN(C)C2. The first-order valence-electron chi connectivity index (χ1n) is 10.2. The van der Waals surface area contributed by atoms with E-state index in [4.69, 9.17) is 4.74 Å². The van der Waals surface area contributed by atoms with Gasteiger partial charge >= 0.3 is 5.97 Å². The fourth-order valence-electron chi connectivity index (χ4n) is 3.43. The van der Waals surface area contributed by atoms with Gasteiger partial charge < -0.3 is 15.0 Å². The van der Waals surface area contributed by atoms with Crippen molar-refractivity contribution in [3.8, 4) is 0 Å². The van der Waals surface area contributed by atoms with Gasteiger partial charge in [-0.2, -0.15) is 4.72 Å². The summed E-state index contributed by atoms with van der Waals surface area (Å²) in [5.41, 5.74) is 1.20. The maximum atomic E-state index is 13.1. The second-order valence-electron chi connectivity index (χ2n) is 7.44. The molecule has 1 aliphatic rings. The molecule has 1 unspecified atom stereocenters. The molecule has 0 bridgehead atoms. The Morgan fingerprint density at radius 3 is 2.56 bits per heavy atom. The van der Waals surface area contributed by atoms with Crippen LogP contribution in [-0.4, -0.2) is 51.4 Å². The number of halogens is 1. The molecule has 1 aromatic heterocycles. The summed E-state index contributed by atoms with van der Waals surface area (Å²) in [6, 6.07) is 3.25. The van der Waals surface area contributed by atoms with E-state index in [2.05, 4.69) is 14.9 Å². The maximum Gasteiger partial charge on any atom is 0.341 e. The Bertz CT molecular complexity index is 1100. The number of hydrogen-bond acceptors (Lipinski definition) is 7. The topological polar surface area (TPSA) is 105 Å². The number of benzene rings is 1. The molecule has 0 saturated heterocycles. The number of hydrogen-bond donors (Lipinski definition) is 2. The lowest BCUT2D eigenvalue weighted by Crippen LogP contribution is -2.43. The molecule has 0 fully saturated rings. The molecule has 0 spiro atoms. The summed E-state index contributed by atoms with van der Waals surface area (Å²) in [6.45, 7) is 5.00. The third kappa shape index (κ3) is 5.34. The van der Waals surface area contributed by atoms with E-state index in [-0.39, 0.29) is 17.9 Å². The van der Waals surface area contributed by atoms with E-state index in [0.29, 0.717) is 23.5 Å². The molecule has 1 aliphatic heterocycles. The number of anilines is 1. The molecule has 8 nitrogen and oxygen atoms in total. The van der Waals surface area contributed by atoms with E-state index < -0.39 is 33.8 Å². The molecule has 11 heteroatoms. The van der Waals surface area contributed by atoms with E-state index in [1.54, 1.807) is 13.8 Å². The summed E-state index contributed by atoms with van der Waals surface area (Å²) < 4.78 is 46.0. The number of nitrogens with one attached hydrogen (secondary N) is 2. The third-order valence-electron chi connectivity index (χ3n) is 5.11. The minimum absolute atomic E-state index is 0.146. The molecule has 1 atom stereocenters. The van der Waals surface area contributed by atoms with Crippen molar-refractivity contribution in [3.05, 3.63) is 46.1 Å². The van der Waals surface area contributed by atoms with Gasteiger partial charge in [0.25, 0.3) is 0 Å². The number of nitrogens with zero attached hydrogens (tertiary/aromatic N) is 1. The molecule has 2 N–H and O–H groups in total. The first-order valence-corrected chi connectivity index (χ1v) is 12.5. The summed E-state index contributed by atoms with van der Waals surface area (Å²) in [6.07, 6.45) is 0.829. The molecule has 3 rings (SSSR count). The molecule has 0 radical (unpaired) electrons. The van der Waals surface area contributed by atoms with Crippen LogP contribution in [0.1, 0.15) is 41.1 Å². The van der Waals surface area contributed by atoms with Crippen LogP contribution in [0.15, 0.2) is 29.2 Å². The molecule has 2 aromatic rings. The number of rotatable bonds is 8. The predicted octanol–water partition coefficient (Wildman–Crippen LogP) is 2.75. The van der Waals surface area contributed by atoms with Gasteiger partial charge in [-0.1, -0.05) is 6.92 Å². The number of fused-ring (bicyclic) bond motifs is 1. The zero-order valence-corrected chi connectivity index (χ0v) is 19.7. The zero-order valence-electron chi connectivity index (χ0n) is 18.1. The molecule has 32 heavy (non-hydrogen) atoms. The highest BCUT2D eigenvalue weighted by Gasteiger charge is 2.31. The van der Waals surface area contributed by atoms with Gasteiger partial charge in [0.15, 0.2) is 0 Å². The summed E-state index contributed by atoms with van der Waals surface area (Å²) >= 11 is 1.30. The fraction of sp³-hybridized carbons (Fsp3) is 0.429. The minimum atomic E-state index is -4.04. The normalized spacial score (nSPS) is 15.1. The van der Waals surface area contributed by atoms with Gasteiger partial charge in [0, 0.05) is 18.0 Å². The van der Waals surface area contributed by atoms with Crippen LogP contribution in [0.2, 0.25) is 0 Å². The number of likely N-dealkylation sites (N-methyl/N-ethyl adjacent to an activating group) is 1. The number of amides is 1. The summed E-state index contributed by atoms with van der Waals surface area (Å²) in [4.78, 5) is 28.5. The Kier molecular flexibility index (Phi) is 7.65. The van der Waals surface area contributed by atoms with Crippen molar-refractivity contribution >= 4 is 38.2 Å². The first-order chi connectivity index (χ1) is 15.2. The lowest BCUT2D eigenvalue weighted by atomic mass is 10.0. The zero-order chi connectivity index (χ0) is 23.5. The van der Waals surface area contributed by atoms with E-state index in [1.807, 2.05) is 7.05 Å². The van der Waals surface area contributed by atoms with Gasteiger partial charge in [-0.05, 0) is 56.6 Å². The highest BCUT2D eigenvalue weighted by molar-refractivity contribution is 7.89. The van der Waals surface area contributed by atoms with Crippen LogP contribution < -0.4 is 10.0 Å². The van der Waals surface area contributed by atoms with E-state index in [0.717, 1.165) is 41.3 Å². The largest absolute Gasteiger partial charge is 0.462 e. The molecular weight excluding hydrogens is 457 g/mol. The van der Waals surface area contributed by atoms with Crippen LogP contribution >= 0.6 is 11.3 Å². The highest BCUT2D eigenvalue weighted by atomic mass is 32.2. The Morgan fingerprint density at radius 2 is 1.94 bits per heavy atom. The van der Waals surface area contributed by atoms with E-state index in [9.17, 15) is 22.4 Å². The van der Waals surface area contributed by atoms with Gasteiger partial charge in [-0.3, -0.25) is 4.79 Å². The number of ether oxygens (including phenoxy) is 1. The van der Waals surface area contributed by atoms with Crippen molar-refractivity contribution in [2.75, 3.05) is 25.5 Å². The van der Waals surface area contributed by atoms with Crippen molar-refractivity contribution in [2.45, 2.75) is 44.2 Å². The third-order valence-corrected chi connectivity index (χ3v) is 7.73. The van der Waals surface area contributed by atoms with Crippen LogP contribution in [0, 0.1) is 5.82 Å². The first kappa shape index (κ1) is 24.3. The lowest BCUT2D eigenvalue weighted by Gasteiger charge is -2.22. The second-order valence-corrected chi connectivity index (χ2v) is 10.3. The summed E-state index contributed by atoms with van der Waals surface area (Å²) in [5.74, 6) is -1.66. The van der Waals surface area contributed by atoms with Gasteiger partial charge in [0.2, 0.25) is 15.9 Å². The molecule has 0 saturated carbocycles. The molecule has 0 aliphatic carbocycles. The predicted molar refractivity (Wildman–Crippen MR) is 120 cm³/mol. The number of carbonyl (C=O) groups excluding carboxylic acids is 2. The average Bonchev–Trinajstić information content (AvgIpc) is 3.09. The Balaban J connectivity index is 1.84. The molecule has 1 amide bonds. The number of esters is 1. The van der Waals surface area contributed by atoms with Gasteiger partial charge in [0.05, 0.1) is 17.1 Å². The second kappa shape index (κ2) is 10.1. The molecular formula is C21H26FN3O5S2. The van der Waals surface area contributed by atoms with Crippen LogP contribution in [0.25, 0.3) is 0 Å². The fourth-order valence-corrected chi connectivity index (χ4v) is 6.03. The van der Waals surface area contributed by atoms with Crippen molar-refractivity contribution in [1.29, 1.82) is 0 Å². The van der Waals surface area contributed by atoms with E-state index >= 15 is 0 Å². The minimum Gasteiger partial charge on any atom is -0.462 e. The molecule has 174 valence electrons. The lowest BCUT2D eigenvalue weighted by molar-refractivity contribution is -0.117.